The van der Waals surface area contributed by atoms with E-state index in [2.05, 4.69) is 14.7 Å². The van der Waals surface area contributed by atoms with Crippen LogP contribution in [-0.2, 0) is 21.4 Å². The molecule has 0 spiro atoms. The molecule has 1 fully saturated rings. The summed E-state index contributed by atoms with van der Waals surface area (Å²) in [5, 5.41) is 3.19. The number of hydrogen-bond acceptors (Lipinski definition) is 6. The lowest BCUT2D eigenvalue weighted by Crippen LogP contribution is -2.48. The Morgan fingerprint density at radius 1 is 1.23 bits per heavy atom. The van der Waals surface area contributed by atoms with E-state index < -0.39 is 16.1 Å². The average Bonchev–Trinajstić information content (AvgIpc) is 2.89. The molecular formula is C15H16Cl2N4O3S2. The number of nitrogens with zero attached hydrogens (tertiary/aromatic N) is 3. The second kappa shape index (κ2) is 8.18. The molecule has 26 heavy (non-hydrogen) atoms. The largest absolute Gasteiger partial charge is 0.355 e. The van der Waals surface area contributed by atoms with Crippen LogP contribution >= 0.6 is 34.7 Å². The van der Waals surface area contributed by atoms with E-state index in [-0.39, 0.29) is 27.6 Å². The van der Waals surface area contributed by atoms with Crippen LogP contribution < -0.4 is 5.32 Å². The van der Waals surface area contributed by atoms with Crippen molar-refractivity contribution in [2.75, 3.05) is 6.54 Å². The normalized spacial score (nSPS) is 18.6. The molecule has 0 saturated carbocycles. The van der Waals surface area contributed by atoms with Crippen LogP contribution in [-0.4, -0.2) is 40.6 Å². The Hall–Kier alpha value is -1.26. The monoisotopic (exact) mass is 434 g/mol. The molecule has 1 amide bonds. The summed E-state index contributed by atoms with van der Waals surface area (Å²) in [6, 6.07) is 5.00. The van der Waals surface area contributed by atoms with Crippen LogP contribution in [0, 0.1) is 0 Å². The highest BCUT2D eigenvalue weighted by molar-refractivity contribution is 7.89. The molecule has 11 heteroatoms. The van der Waals surface area contributed by atoms with Crippen LogP contribution in [0.3, 0.4) is 0 Å². The topological polar surface area (TPSA) is 92.3 Å². The van der Waals surface area contributed by atoms with E-state index in [0.717, 1.165) is 28.7 Å². The first kappa shape index (κ1) is 19.5. The van der Waals surface area contributed by atoms with Crippen molar-refractivity contribution in [3.8, 4) is 0 Å². The van der Waals surface area contributed by atoms with Gasteiger partial charge in [-0.3, -0.25) is 4.79 Å². The maximum Gasteiger partial charge on any atom is 0.244 e. The van der Waals surface area contributed by atoms with E-state index in [1.54, 1.807) is 0 Å². The van der Waals surface area contributed by atoms with Gasteiger partial charge < -0.3 is 5.32 Å². The number of aromatic nitrogens is 2. The maximum atomic E-state index is 13.2. The van der Waals surface area contributed by atoms with E-state index in [9.17, 15) is 13.2 Å². The van der Waals surface area contributed by atoms with Crippen LogP contribution in [0.2, 0.25) is 9.49 Å². The Labute approximate surface area is 165 Å². The van der Waals surface area contributed by atoms with E-state index in [4.69, 9.17) is 23.2 Å². The van der Waals surface area contributed by atoms with Crippen molar-refractivity contribution < 1.29 is 13.2 Å². The van der Waals surface area contributed by atoms with Crippen molar-refractivity contribution in [1.82, 2.24) is 19.0 Å². The molecule has 0 radical (unpaired) electrons. The predicted octanol–water partition coefficient (Wildman–Crippen LogP) is 2.70. The van der Waals surface area contributed by atoms with Gasteiger partial charge in [0, 0.05) is 11.6 Å². The number of carbonyl (C=O) groups excluding carboxylic acids is 1. The van der Waals surface area contributed by atoms with Crippen molar-refractivity contribution in [3.63, 3.8) is 0 Å². The summed E-state index contributed by atoms with van der Waals surface area (Å²) in [6.45, 7) is 0.400. The molecule has 3 rings (SSSR count). The molecule has 1 aromatic heterocycles. The highest BCUT2D eigenvalue weighted by Crippen LogP contribution is 2.26. The number of benzene rings is 1. The number of rotatable bonds is 5. The van der Waals surface area contributed by atoms with Crippen LogP contribution in [0.15, 0.2) is 29.2 Å². The number of sulfonamides is 1. The van der Waals surface area contributed by atoms with Gasteiger partial charge in [-0.1, -0.05) is 11.6 Å². The quantitative estimate of drug-likeness (QED) is 0.780. The van der Waals surface area contributed by atoms with E-state index >= 15 is 0 Å². The Kier molecular flexibility index (Phi) is 6.13. The van der Waals surface area contributed by atoms with Gasteiger partial charge in [-0.15, -0.1) is 0 Å². The van der Waals surface area contributed by atoms with Gasteiger partial charge in [0.25, 0.3) is 0 Å². The summed E-state index contributed by atoms with van der Waals surface area (Å²) in [5.41, 5.74) is 0. The summed E-state index contributed by atoms with van der Waals surface area (Å²) in [4.78, 5) is 16.6. The van der Waals surface area contributed by atoms with Gasteiger partial charge in [-0.2, -0.15) is 8.68 Å². The molecule has 1 aromatic carbocycles. The molecule has 0 bridgehead atoms. The number of hydrogen-bond donors (Lipinski definition) is 1. The van der Waals surface area contributed by atoms with Gasteiger partial charge in [0.05, 0.1) is 11.4 Å². The van der Waals surface area contributed by atoms with Crippen molar-refractivity contribution >= 4 is 50.7 Å². The fourth-order valence-corrected chi connectivity index (χ4v) is 5.06. The summed E-state index contributed by atoms with van der Waals surface area (Å²) in [7, 11) is -3.96. The van der Waals surface area contributed by atoms with Crippen LogP contribution in [0.25, 0.3) is 0 Å². The standard InChI is InChI=1S/C15H16Cl2N4O3S2/c16-10-4-6-11(7-5-10)26(23,24)21(9-13-19-15(17)25-20-13)12-3-1-2-8-18-14(12)22/h4-7,12H,1-3,8-9H2,(H,18,22)/t12-/m1/s1. The van der Waals surface area contributed by atoms with Crippen LogP contribution in [0.5, 0.6) is 0 Å². The van der Waals surface area contributed by atoms with Gasteiger partial charge in [-0.25, -0.2) is 13.4 Å². The number of nitrogens with one attached hydrogen (secondary N) is 1. The zero-order valence-corrected chi connectivity index (χ0v) is 16.7. The van der Waals surface area contributed by atoms with Crippen LogP contribution in [0.1, 0.15) is 25.1 Å². The molecule has 1 aliphatic heterocycles. The molecule has 1 atom stereocenters. The average molecular weight is 435 g/mol. The Bertz CT molecular complexity index is 887. The van der Waals surface area contributed by atoms with Gasteiger partial charge in [0.2, 0.25) is 20.4 Å². The first-order valence-electron chi connectivity index (χ1n) is 7.91. The molecular weight excluding hydrogens is 419 g/mol. The summed E-state index contributed by atoms with van der Waals surface area (Å²) in [6.07, 6.45) is 1.97. The Morgan fingerprint density at radius 2 is 1.96 bits per heavy atom. The fraction of sp³-hybridized carbons (Fsp3) is 0.400. The minimum Gasteiger partial charge on any atom is -0.355 e. The summed E-state index contributed by atoms with van der Waals surface area (Å²) < 4.78 is 31.9. The first-order valence-corrected chi connectivity index (χ1v) is 10.9. The van der Waals surface area contributed by atoms with Crippen molar-refractivity contribution in [3.05, 3.63) is 39.6 Å². The fourth-order valence-electron chi connectivity index (χ4n) is 2.74. The molecule has 1 saturated heterocycles. The third-order valence-electron chi connectivity index (χ3n) is 4.01. The Balaban J connectivity index is 2.00. The molecule has 1 N–H and O–H groups in total. The lowest BCUT2D eigenvalue weighted by Gasteiger charge is -2.28. The Morgan fingerprint density at radius 3 is 2.62 bits per heavy atom. The zero-order valence-electron chi connectivity index (χ0n) is 13.6. The molecule has 2 heterocycles. The minimum absolute atomic E-state index is 0.0558. The van der Waals surface area contributed by atoms with Gasteiger partial charge in [-0.05, 0) is 66.7 Å². The predicted molar refractivity (Wildman–Crippen MR) is 99.7 cm³/mol. The van der Waals surface area contributed by atoms with Crippen molar-refractivity contribution in [2.45, 2.75) is 36.7 Å². The zero-order chi connectivity index (χ0) is 18.7. The molecule has 0 unspecified atom stereocenters. The number of halogens is 2. The van der Waals surface area contributed by atoms with E-state index in [1.807, 2.05) is 0 Å². The lowest BCUT2D eigenvalue weighted by molar-refractivity contribution is -0.124. The maximum absolute atomic E-state index is 13.2. The van der Waals surface area contributed by atoms with Crippen molar-refractivity contribution in [1.29, 1.82) is 0 Å². The van der Waals surface area contributed by atoms with Crippen LogP contribution in [0.4, 0.5) is 0 Å². The summed E-state index contributed by atoms with van der Waals surface area (Å²) in [5.74, 6) is -0.0593. The minimum atomic E-state index is -3.96. The van der Waals surface area contributed by atoms with Gasteiger partial charge >= 0.3 is 0 Å². The first-order chi connectivity index (χ1) is 12.4. The molecule has 1 aliphatic rings. The SMILES string of the molecule is O=C1NCCCC[C@H]1N(Cc1nsc(Cl)n1)S(=O)(=O)c1ccc(Cl)cc1. The van der Waals surface area contributed by atoms with E-state index in [0.29, 0.717) is 18.0 Å². The lowest BCUT2D eigenvalue weighted by atomic mass is 10.1. The molecule has 140 valence electrons. The molecule has 2 aromatic rings. The second-order valence-corrected chi connectivity index (χ2v) is 9.43. The van der Waals surface area contributed by atoms with Gasteiger partial charge in [0.1, 0.15) is 6.04 Å². The highest BCUT2D eigenvalue weighted by atomic mass is 35.5. The van der Waals surface area contributed by atoms with Gasteiger partial charge in [0.15, 0.2) is 5.82 Å². The van der Waals surface area contributed by atoms with Crippen molar-refractivity contribution in [2.24, 2.45) is 0 Å². The summed E-state index contributed by atoms with van der Waals surface area (Å²) >= 11 is 12.6. The molecule has 0 aliphatic carbocycles. The number of carbonyl (C=O) groups is 1. The molecule has 7 nitrogen and oxygen atoms in total. The number of amides is 1. The third-order valence-corrected chi connectivity index (χ3v) is 6.97. The van der Waals surface area contributed by atoms with E-state index in [1.165, 1.54) is 24.3 Å². The highest BCUT2D eigenvalue weighted by Gasteiger charge is 2.37. The second-order valence-electron chi connectivity index (χ2n) is 5.77. The smallest absolute Gasteiger partial charge is 0.244 e. The third kappa shape index (κ3) is 4.34.